The van der Waals surface area contributed by atoms with Gasteiger partial charge in [0.1, 0.15) is 0 Å². The number of hydrogen-bond donors (Lipinski definition) is 2. The van der Waals surface area contributed by atoms with Gasteiger partial charge in [0.2, 0.25) is 0 Å². The molecule has 2 N–H and O–H groups in total. The second kappa shape index (κ2) is 6.37. The summed E-state index contributed by atoms with van der Waals surface area (Å²) in [5.74, 6) is -1.45. The van der Waals surface area contributed by atoms with Crippen LogP contribution >= 0.6 is 0 Å². The smallest absolute Gasteiger partial charge is 0.308 e. The lowest BCUT2D eigenvalue weighted by Gasteiger charge is -2.20. The third-order valence-electron chi connectivity index (χ3n) is 4.70. The van der Waals surface area contributed by atoms with Crippen LogP contribution in [0, 0.1) is 12.8 Å². The Bertz CT molecular complexity index is 875. The second-order valence-corrected chi connectivity index (χ2v) is 8.18. The van der Waals surface area contributed by atoms with E-state index >= 15 is 0 Å². The largest absolute Gasteiger partial charge is 0.481 e. The molecule has 2 heterocycles. The Morgan fingerprint density at radius 3 is 2.58 bits per heavy atom. The van der Waals surface area contributed by atoms with Gasteiger partial charge < -0.3 is 10.4 Å². The van der Waals surface area contributed by atoms with Gasteiger partial charge in [0.05, 0.1) is 28.1 Å². The number of nitrogens with zero attached hydrogens (tertiary/aromatic N) is 3. The Hall–Kier alpha value is -2.44. The maximum Gasteiger partial charge on any atom is 0.308 e. The lowest BCUT2D eigenvalue weighted by Crippen LogP contribution is -2.31. The van der Waals surface area contributed by atoms with Crippen LogP contribution in [0.1, 0.15) is 68.2 Å². The molecule has 1 fully saturated rings. The van der Waals surface area contributed by atoms with Gasteiger partial charge in [-0.05, 0) is 46.6 Å². The third-order valence-corrected chi connectivity index (χ3v) is 4.70. The van der Waals surface area contributed by atoms with E-state index < -0.39 is 11.9 Å². The highest BCUT2D eigenvalue weighted by Gasteiger charge is 2.30. The van der Waals surface area contributed by atoms with Crippen LogP contribution in [0.15, 0.2) is 6.07 Å². The first-order valence-electron chi connectivity index (χ1n) is 9.01. The van der Waals surface area contributed by atoms with Crippen molar-refractivity contribution in [1.82, 2.24) is 20.1 Å². The monoisotopic (exact) mass is 358 g/mol. The second-order valence-electron chi connectivity index (χ2n) is 8.18. The minimum Gasteiger partial charge on any atom is -0.481 e. The summed E-state index contributed by atoms with van der Waals surface area (Å²) in [6, 6.07) is 1.85. The fourth-order valence-corrected chi connectivity index (χ4v) is 2.97. The van der Waals surface area contributed by atoms with Gasteiger partial charge in [-0.15, -0.1) is 0 Å². The summed E-state index contributed by atoms with van der Waals surface area (Å²) in [4.78, 5) is 28.6. The molecular weight excluding hydrogens is 332 g/mol. The average Bonchev–Trinajstić information content (AvgIpc) is 3.34. The lowest BCUT2D eigenvalue weighted by molar-refractivity contribution is -0.140. The molecule has 0 aromatic carbocycles. The fourth-order valence-electron chi connectivity index (χ4n) is 2.97. The standard InChI is InChI=1S/C19H26N4O3/c1-10(18(25)26)9-20-17(24)13-8-14(12-6-7-12)21-16-15(13)11(2)22-23(16)19(3,4)5/h8,10,12H,6-7,9H2,1-5H3,(H,20,24)(H,25,26). The summed E-state index contributed by atoms with van der Waals surface area (Å²) >= 11 is 0. The molecular formula is C19H26N4O3. The molecule has 1 amide bonds. The predicted molar refractivity (Wildman–Crippen MR) is 98.4 cm³/mol. The van der Waals surface area contributed by atoms with E-state index in [1.54, 1.807) is 6.92 Å². The number of aliphatic carboxylic acids is 1. The molecule has 1 saturated carbocycles. The van der Waals surface area contributed by atoms with Crippen LogP contribution in [-0.4, -0.2) is 38.3 Å². The van der Waals surface area contributed by atoms with E-state index in [0.29, 0.717) is 11.5 Å². The molecule has 0 aliphatic heterocycles. The van der Waals surface area contributed by atoms with E-state index in [0.717, 1.165) is 35.3 Å². The summed E-state index contributed by atoms with van der Waals surface area (Å²) in [6.07, 6.45) is 2.16. The SMILES string of the molecule is Cc1nn(C(C)(C)C)c2nc(C3CC3)cc(C(=O)NCC(C)C(=O)O)c12. The number of carbonyl (C=O) groups is 2. The average molecular weight is 358 g/mol. The molecule has 0 bridgehead atoms. The van der Waals surface area contributed by atoms with Crippen molar-refractivity contribution in [3.8, 4) is 0 Å². The highest BCUT2D eigenvalue weighted by atomic mass is 16.4. The van der Waals surface area contributed by atoms with Crippen molar-refractivity contribution in [3.63, 3.8) is 0 Å². The van der Waals surface area contributed by atoms with Crippen molar-refractivity contribution >= 4 is 22.9 Å². The maximum absolute atomic E-state index is 12.8. The molecule has 1 aliphatic carbocycles. The van der Waals surface area contributed by atoms with Gasteiger partial charge >= 0.3 is 5.97 Å². The van der Waals surface area contributed by atoms with Crippen LogP contribution in [-0.2, 0) is 10.3 Å². The number of hydrogen-bond acceptors (Lipinski definition) is 4. The minimum atomic E-state index is -0.930. The minimum absolute atomic E-state index is 0.0865. The Balaban J connectivity index is 2.07. The first-order valence-corrected chi connectivity index (χ1v) is 9.01. The molecule has 7 nitrogen and oxygen atoms in total. The normalized spacial score (nSPS) is 15.9. The summed E-state index contributed by atoms with van der Waals surface area (Å²) in [7, 11) is 0. The van der Waals surface area contributed by atoms with Gasteiger partial charge in [-0.25, -0.2) is 9.67 Å². The molecule has 1 aliphatic rings. The van der Waals surface area contributed by atoms with E-state index in [1.165, 1.54) is 0 Å². The molecule has 2 aromatic rings. The van der Waals surface area contributed by atoms with Gasteiger partial charge in [-0.2, -0.15) is 5.10 Å². The van der Waals surface area contributed by atoms with Crippen LogP contribution in [0.5, 0.6) is 0 Å². The number of pyridine rings is 1. The number of aromatic nitrogens is 3. The zero-order valence-electron chi connectivity index (χ0n) is 16.0. The molecule has 3 rings (SSSR count). The van der Waals surface area contributed by atoms with E-state index in [9.17, 15) is 9.59 Å². The number of rotatable bonds is 5. The zero-order valence-corrected chi connectivity index (χ0v) is 16.0. The van der Waals surface area contributed by atoms with Crippen molar-refractivity contribution in [2.75, 3.05) is 6.54 Å². The lowest BCUT2D eigenvalue weighted by atomic mass is 10.1. The highest BCUT2D eigenvalue weighted by Crippen LogP contribution is 2.40. The predicted octanol–water partition coefficient (Wildman–Crippen LogP) is 2.82. The van der Waals surface area contributed by atoms with Crippen LogP contribution in [0.4, 0.5) is 0 Å². The number of fused-ring (bicyclic) bond motifs is 1. The third kappa shape index (κ3) is 3.43. The van der Waals surface area contributed by atoms with Crippen molar-refractivity contribution in [1.29, 1.82) is 0 Å². The first-order chi connectivity index (χ1) is 12.1. The van der Waals surface area contributed by atoms with E-state index in [4.69, 9.17) is 10.1 Å². The summed E-state index contributed by atoms with van der Waals surface area (Å²) in [5.41, 5.74) is 2.66. The number of amides is 1. The topological polar surface area (TPSA) is 97.1 Å². The first kappa shape index (κ1) is 18.4. The Morgan fingerprint density at radius 2 is 2.04 bits per heavy atom. The molecule has 0 spiro atoms. The number of carbonyl (C=O) groups excluding carboxylic acids is 1. The number of carboxylic acids is 1. The molecule has 0 radical (unpaired) electrons. The summed E-state index contributed by atoms with van der Waals surface area (Å²) < 4.78 is 1.88. The van der Waals surface area contributed by atoms with Gasteiger partial charge in [-0.3, -0.25) is 9.59 Å². The van der Waals surface area contributed by atoms with Gasteiger partial charge in [0.15, 0.2) is 5.65 Å². The van der Waals surface area contributed by atoms with Gasteiger partial charge in [0, 0.05) is 18.2 Å². The zero-order chi connectivity index (χ0) is 19.2. The molecule has 1 unspecified atom stereocenters. The van der Waals surface area contributed by atoms with E-state index in [-0.39, 0.29) is 18.0 Å². The van der Waals surface area contributed by atoms with Crippen LogP contribution in [0.25, 0.3) is 11.0 Å². The Labute approximate surface area is 152 Å². The van der Waals surface area contributed by atoms with Crippen LogP contribution < -0.4 is 5.32 Å². The summed E-state index contributed by atoms with van der Waals surface area (Å²) in [6.45, 7) is 9.70. The van der Waals surface area contributed by atoms with Gasteiger partial charge in [-0.1, -0.05) is 6.92 Å². The molecule has 0 saturated heterocycles. The molecule has 1 atom stereocenters. The van der Waals surface area contributed by atoms with Crippen LogP contribution in [0.3, 0.4) is 0 Å². The van der Waals surface area contributed by atoms with E-state index in [2.05, 4.69) is 31.2 Å². The number of nitrogens with one attached hydrogen (secondary N) is 1. The van der Waals surface area contributed by atoms with Gasteiger partial charge in [0.25, 0.3) is 5.91 Å². The van der Waals surface area contributed by atoms with E-state index in [1.807, 2.05) is 17.7 Å². The molecule has 7 heteroatoms. The fraction of sp³-hybridized carbons (Fsp3) is 0.579. The van der Waals surface area contributed by atoms with Crippen molar-refractivity contribution < 1.29 is 14.7 Å². The highest BCUT2D eigenvalue weighted by molar-refractivity contribution is 6.06. The molecule has 140 valence electrons. The van der Waals surface area contributed by atoms with Crippen LogP contribution in [0.2, 0.25) is 0 Å². The van der Waals surface area contributed by atoms with Crippen molar-refractivity contribution in [2.24, 2.45) is 5.92 Å². The molecule has 26 heavy (non-hydrogen) atoms. The Kier molecular flexibility index (Phi) is 4.50. The maximum atomic E-state index is 12.8. The van der Waals surface area contributed by atoms with Crippen molar-refractivity contribution in [3.05, 3.63) is 23.0 Å². The number of carboxylic acid groups (broad SMARTS) is 1. The number of aryl methyl sites for hydroxylation is 1. The van der Waals surface area contributed by atoms with Crippen molar-refractivity contribution in [2.45, 2.75) is 58.9 Å². The summed E-state index contributed by atoms with van der Waals surface area (Å²) in [5, 5.41) is 17.1. The Morgan fingerprint density at radius 1 is 1.38 bits per heavy atom. The molecule has 2 aromatic heterocycles. The quantitative estimate of drug-likeness (QED) is 0.856.